The number of nitrogens with one attached hydrogen (secondary N) is 1. The summed E-state index contributed by atoms with van der Waals surface area (Å²) in [6, 6.07) is 6.05. The number of carbonyl (C=O) groups is 1. The fourth-order valence-corrected chi connectivity index (χ4v) is 3.79. The highest BCUT2D eigenvalue weighted by atomic mass is 32.1. The van der Waals surface area contributed by atoms with Crippen LogP contribution in [0.1, 0.15) is 45.5 Å². The van der Waals surface area contributed by atoms with E-state index >= 15 is 0 Å². The summed E-state index contributed by atoms with van der Waals surface area (Å²) in [5.41, 5.74) is 2.92. The molecule has 4 rings (SSSR count). The minimum atomic E-state index is -0.354. The quantitative estimate of drug-likeness (QED) is 0.753. The zero-order valence-electron chi connectivity index (χ0n) is 13.9. The van der Waals surface area contributed by atoms with E-state index in [0.717, 1.165) is 11.4 Å². The van der Waals surface area contributed by atoms with Gasteiger partial charge in [0.1, 0.15) is 5.82 Å². The molecule has 25 heavy (non-hydrogen) atoms. The number of nitrogens with zero attached hydrogens (tertiary/aromatic N) is 2. The van der Waals surface area contributed by atoms with Gasteiger partial charge in [0.25, 0.3) is 5.91 Å². The first-order chi connectivity index (χ1) is 12.1. The lowest BCUT2D eigenvalue weighted by molar-refractivity contribution is 0.0955. The van der Waals surface area contributed by atoms with Crippen molar-refractivity contribution in [2.45, 2.75) is 32.1 Å². The molecule has 3 aromatic rings. The summed E-state index contributed by atoms with van der Waals surface area (Å²) in [4.78, 5) is 21.5. The number of amides is 1. The first-order valence-electron chi connectivity index (χ1n) is 8.39. The Bertz CT molecular complexity index is 944. The van der Waals surface area contributed by atoms with Crippen LogP contribution in [0.25, 0.3) is 10.9 Å². The third-order valence-corrected chi connectivity index (χ3v) is 5.26. The molecule has 128 valence electrons. The lowest BCUT2D eigenvalue weighted by Crippen LogP contribution is -2.26. The molecule has 2 aromatic heterocycles. The number of carbonyl (C=O) groups excluding carboxylic acids is 1. The fraction of sp³-hybridized carbons (Fsp3) is 0.316. The van der Waals surface area contributed by atoms with E-state index in [9.17, 15) is 9.18 Å². The molecule has 0 saturated heterocycles. The first-order valence-corrected chi connectivity index (χ1v) is 9.27. The van der Waals surface area contributed by atoms with Crippen molar-refractivity contribution >= 4 is 28.1 Å². The topological polar surface area (TPSA) is 54.9 Å². The second kappa shape index (κ2) is 6.52. The number of pyridine rings is 1. The Balaban J connectivity index is 1.46. The molecule has 0 spiro atoms. The molecule has 4 nitrogen and oxygen atoms in total. The van der Waals surface area contributed by atoms with E-state index in [1.54, 1.807) is 30.4 Å². The van der Waals surface area contributed by atoms with Crippen LogP contribution in [0.15, 0.2) is 29.6 Å². The van der Waals surface area contributed by atoms with E-state index in [0.29, 0.717) is 34.6 Å². The smallest absolute Gasteiger partial charge is 0.252 e. The van der Waals surface area contributed by atoms with Crippen LogP contribution in [0, 0.1) is 12.7 Å². The number of halogens is 1. The summed E-state index contributed by atoms with van der Waals surface area (Å²) in [5, 5.41) is 6.79. The summed E-state index contributed by atoms with van der Waals surface area (Å²) in [6.07, 6.45) is 3.21. The molecular weight excluding hydrogens is 337 g/mol. The number of benzene rings is 1. The molecule has 0 unspecified atom stereocenters. The maximum Gasteiger partial charge on any atom is 0.252 e. The molecule has 1 N–H and O–H groups in total. The van der Waals surface area contributed by atoms with Gasteiger partial charge in [0.2, 0.25) is 0 Å². The number of hydrogen-bond donors (Lipinski definition) is 1. The predicted molar refractivity (Wildman–Crippen MR) is 96.6 cm³/mol. The van der Waals surface area contributed by atoms with Gasteiger partial charge in [-0.2, -0.15) is 0 Å². The molecule has 1 aliphatic carbocycles. The average molecular weight is 355 g/mol. The average Bonchev–Trinajstić information content (AvgIpc) is 3.33. The number of aromatic nitrogens is 2. The van der Waals surface area contributed by atoms with Gasteiger partial charge in [0.05, 0.1) is 21.8 Å². The number of aryl methyl sites for hydroxylation is 1. The molecule has 0 aliphatic heterocycles. The van der Waals surface area contributed by atoms with Crippen molar-refractivity contribution in [1.82, 2.24) is 15.3 Å². The SMILES string of the molecule is Cc1cc(C(=O)NCCc2nc(C3CC3)cs2)c2ccc(F)cc2n1. The molecule has 0 atom stereocenters. The zero-order chi connectivity index (χ0) is 17.4. The van der Waals surface area contributed by atoms with Crippen molar-refractivity contribution in [3.05, 3.63) is 57.4 Å². The second-order valence-electron chi connectivity index (χ2n) is 6.42. The Morgan fingerprint density at radius 1 is 1.32 bits per heavy atom. The van der Waals surface area contributed by atoms with E-state index in [-0.39, 0.29) is 11.7 Å². The van der Waals surface area contributed by atoms with Crippen LogP contribution >= 0.6 is 11.3 Å². The van der Waals surface area contributed by atoms with Crippen LogP contribution in [0.4, 0.5) is 4.39 Å². The molecule has 1 aliphatic rings. The Morgan fingerprint density at radius 3 is 2.96 bits per heavy atom. The van der Waals surface area contributed by atoms with Crippen LogP contribution in [0.3, 0.4) is 0 Å². The Labute approximate surface area is 149 Å². The summed E-state index contributed by atoms with van der Waals surface area (Å²) in [7, 11) is 0. The van der Waals surface area contributed by atoms with Crippen LogP contribution in [0.5, 0.6) is 0 Å². The maximum atomic E-state index is 13.4. The highest BCUT2D eigenvalue weighted by Crippen LogP contribution is 2.40. The van der Waals surface area contributed by atoms with Crippen LogP contribution in [-0.2, 0) is 6.42 Å². The van der Waals surface area contributed by atoms with Gasteiger partial charge in [-0.15, -0.1) is 11.3 Å². The minimum Gasteiger partial charge on any atom is -0.352 e. The van der Waals surface area contributed by atoms with Crippen LogP contribution in [-0.4, -0.2) is 22.4 Å². The zero-order valence-corrected chi connectivity index (χ0v) is 14.7. The number of fused-ring (bicyclic) bond motifs is 1. The molecule has 6 heteroatoms. The fourth-order valence-electron chi connectivity index (χ4n) is 2.91. The minimum absolute atomic E-state index is 0.166. The number of hydrogen-bond acceptors (Lipinski definition) is 4. The highest BCUT2D eigenvalue weighted by Gasteiger charge is 2.25. The van der Waals surface area contributed by atoms with Gasteiger partial charge in [-0.25, -0.2) is 9.37 Å². The summed E-state index contributed by atoms with van der Waals surface area (Å²) in [5.74, 6) is 0.138. The number of rotatable bonds is 5. The van der Waals surface area contributed by atoms with Crippen molar-refractivity contribution in [3.8, 4) is 0 Å². The largest absolute Gasteiger partial charge is 0.352 e. The maximum absolute atomic E-state index is 13.4. The van der Waals surface area contributed by atoms with Gasteiger partial charge in [-0.3, -0.25) is 9.78 Å². The third kappa shape index (κ3) is 3.54. The normalized spacial score (nSPS) is 14.0. The third-order valence-electron chi connectivity index (χ3n) is 4.33. The molecule has 1 amide bonds. The van der Waals surface area contributed by atoms with Gasteiger partial charge in [-0.05, 0) is 38.0 Å². The van der Waals surface area contributed by atoms with Gasteiger partial charge in [-0.1, -0.05) is 0 Å². The molecular formula is C19H18FN3OS. The van der Waals surface area contributed by atoms with Gasteiger partial charge in [0.15, 0.2) is 0 Å². The molecule has 0 radical (unpaired) electrons. The van der Waals surface area contributed by atoms with Gasteiger partial charge in [0, 0.05) is 41.4 Å². The highest BCUT2D eigenvalue weighted by molar-refractivity contribution is 7.09. The van der Waals surface area contributed by atoms with Crippen LogP contribution < -0.4 is 5.32 Å². The molecule has 0 bridgehead atoms. The summed E-state index contributed by atoms with van der Waals surface area (Å²) >= 11 is 1.66. The second-order valence-corrected chi connectivity index (χ2v) is 7.36. The molecule has 1 aromatic carbocycles. The van der Waals surface area contributed by atoms with E-state index in [2.05, 4.69) is 20.7 Å². The van der Waals surface area contributed by atoms with Crippen molar-refractivity contribution in [2.24, 2.45) is 0 Å². The lowest BCUT2D eigenvalue weighted by Gasteiger charge is -2.09. The van der Waals surface area contributed by atoms with Gasteiger partial charge >= 0.3 is 0 Å². The first kappa shape index (κ1) is 16.1. The Kier molecular flexibility index (Phi) is 4.21. The summed E-state index contributed by atoms with van der Waals surface area (Å²) < 4.78 is 13.4. The van der Waals surface area contributed by atoms with E-state index < -0.39 is 0 Å². The Hall–Kier alpha value is -2.34. The number of thiazole rings is 1. The molecule has 1 fully saturated rings. The van der Waals surface area contributed by atoms with Crippen molar-refractivity contribution in [1.29, 1.82) is 0 Å². The van der Waals surface area contributed by atoms with E-state index in [1.165, 1.54) is 30.7 Å². The molecule has 1 saturated carbocycles. The summed E-state index contributed by atoms with van der Waals surface area (Å²) in [6.45, 7) is 2.33. The van der Waals surface area contributed by atoms with Crippen molar-refractivity contribution < 1.29 is 9.18 Å². The van der Waals surface area contributed by atoms with Crippen LogP contribution in [0.2, 0.25) is 0 Å². The van der Waals surface area contributed by atoms with Crippen molar-refractivity contribution in [3.63, 3.8) is 0 Å². The van der Waals surface area contributed by atoms with E-state index in [1.807, 2.05) is 0 Å². The standard InChI is InChI=1S/C19H18FN3OS/c1-11-8-15(14-5-4-13(20)9-16(14)22-11)19(24)21-7-6-18-23-17(10-25-18)12-2-3-12/h4-5,8-10,12H,2-3,6-7H2,1H3,(H,21,24). The molecule has 2 heterocycles. The van der Waals surface area contributed by atoms with Crippen molar-refractivity contribution in [2.75, 3.05) is 6.54 Å². The lowest BCUT2D eigenvalue weighted by atomic mass is 10.1. The monoisotopic (exact) mass is 355 g/mol. The van der Waals surface area contributed by atoms with Gasteiger partial charge < -0.3 is 5.32 Å². The Morgan fingerprint density at radius 2 is 2.16 bits per heavy atom. The predicted octanol–water partition coefficient (Wildman–Crippen LogP) is 3.99. The van der Waals surface area contributed by atoms with E-state index in [4.69, 9.17) is 0 Å².